The number of amides is 2. The molecule has 2 rings (SSSR count). The summed E-state index contributed by atoms with van der Waals surface area (Å²) in [5, 5.41) is 5.72. The normalized spacial score (nSPS) is 19.8. The molecule has 0 heterocycles. The predicted molar refractivity (Wildman–Crippen MR) is 90.7 cm³/mol. The number of hydrogen-bond donors (Lipinski definition) is 2. The number of hydrogen-bond acceptors (Lipinski definition) is 4. The molecule has 1 aliphatic carbocycles. The molecule has 0 unspecified atom stereocenters. The van der Waals surface area contributed by atoms with Crippen LogP contribution in [0.15, 0.2) is 24.3 Å². The third kappa shape index (κ3) is 5.44. The average molecular weight is 334 g/mol. The lowest BCUT2D eigenvalue weighted by molar-refractivity contribution is -0.128. The van der Waals surface area contributed by atoms with Gasteiger partial charge < -0.3 is 20.1 Å². The van der Waals surface area contributed by atoms with E-state index in [4.69, 9.17) is 9.47 Å². The van der Waals surface area contributed by atoms with Crippen LogP contribution < -0.4 is 15.4 Å². The summed E-state index contributed by atoms with van der Waals surface area (Å²) in [6.45, 7) is 5.96. The van der Waals surface area contributed by atoms with Crippen molar-refractivity contribution in [3.8, 4) is 5.75 Å². The van der Waals surface area contributed by atoms with Crippen LogP contribution in [0.3, 0.4) is 0 Å². The highest BCUT2D eigenvalue weighted by atomic mass is 16.6. The van der Waals surface area contributed by atoms with Crippen LogP contribution in [-0.2, 0) is 16.1 Å². The fourth-order valence-electron chi connectivity index (χ4n) is 2.50. The van der Waals surface area contributed by atoms with Gasteiger partial charge in [0.2, 0.25) is 5.91 Å². The molecule has 0 bridgehead atoms. The zero-order chi connectivity index (χ0) is 17.7. The van der Waals surface area contributed by atoms with Crippen molar-refractivity contribution in [2.75, 3.05) is 7.11 Å². The van der Waals surface area contributed by atoms with Gasteiger partial charge in [0.1, 0.15) is 11.4 Å². The first kappa shape index (κ1) is 18.1. The highest BCUT2D eigenvalue weighted by molar-refractivity contribution is 5.80. The molecule has 24 heavy (non-hydrogen) atoms. The largest absolute Gasteiger partial charge is 0.497 e. The van der Waals surface area contributed by atoms with Gasteiger partial charge in [-0.15, -0.1) is 0 Å². The van der Waals surface area contributed by atoms with Gasteiger partial charge in [0, 0.05) is 18.5 Å². The van der Waals surface area contributed by atoms with E-state index in [1.165, 1.54) is 0 Å². The molecule has 0 radical (unpaired) electrons. The van der Waals surface area contributed by atoms with Crippen LogP contribution >= 0.6 is 0 Å². The minimum atomic E-state index is -0.511. The lowest BCUT2D eigenvalue weighted by atomic mass is 9.79. The van der Waals surface area contributed by atoms with Crippen molar-refractivity contribution in [3.63, 3.8) is 0 Å². The summed E-state index contributed by atoms with van der Waals surface area (Å²) >= 11 is 0. The van der Waals surface area contributed by atoms with E-state index in [0.717, 1.165) is 11.3 Å². The molecule has 6 nitrogen and oxygen atoms in total. The monoisotopic (exact) mass is 334 g/mol. The van der Waals surface area contributed by atoms with Crippen molar-refractivity contribution in [3.05, 3.63) is 29.8 Å². The first-order valence-corrected chi connectivity index (χ1v) is 8.17. The maximum atomic E-state index is 12.1. The fourth-order valence-corrected chi connectivity index (χ4v) is 2.50. The van der Waals surface area contributed by atoms with Crippen molar-refractivity contribution < 1.29 is 19.1 Å². The van der Waals surface area contributed by atoms with Crippen molar-refractivity contribution in [1.29, 1.82) is 0 Å². The lowest BCUT2D eigenvalue weighted by Crippen LogP contribution is -2.50. The van der Waals surface area contributed by atoms with E-state index < -0.39 is 11.7 Å². The van der Waals surface area contributed by atoms with Gasteiger partial charge in [0.05, 0.1) is 7.11 Å². The highest BCUT2D eigenvalue weighted by Crippen LogP contribution is 2.28. The van der Waals surface area contributed by atoms with Gasteiger partial charge in [-0.25, -0.2) is 4.79 Å². The number of rotatable bonds is 5. The summed E-state index contributed by atoms with van der Waals surface area (Å²) in [5.41, 5.74) is 0.509. The van der Waals surface area contributed by atoms with E-state index in [0.29, 0.717) is 19.4 Å². The second-order valence-corrected chi connectivity index (χ2v) is 7.08. The third-order valence-electron chi connectivity index (χ3n) is 3.86. The molecule has 1 aromatic carbocycles. The van der Waals surface area contributed by atoms with Gasteiger partial charge in [-0.2, -0.15) is 0 Å². The number of alkyl carbamates (subject to hydrolysis) is 1. The summed E-state index contributed by atoms with van der Waals surface area (Å²) in [7, 11) is 1.62. The Morgan fingerprint density at radius 2 is 1.79 bits per heavy atom. The van der Waals surface area contributed by atoms with Crippen LogP contribution in [-0.4, -0.2) is 30.8 Å². The van der Waals surface area contributed by atoms with Gasteiger partial charge in [0.15, 0.2) is 0 Å². The summed E-state index contributed by atoms with van der Waals surface area (Å²) in [5.74, 6) is 0.761. The van der Waals surface area contributed by atoms with Crippen molar-refractivity contribution >= 4 is 12.0 Å². The molecule has 0 atom stereocenters. The first-order chi connectivity index (χ1) is 11.3. The maximum absolute atomic E-state index is 12.1. The number of benzene rings is 1. The molecular formula is C18H26N2O4. The van der Waals surface area contributed by atoms with E-state index in [1.807, 2.05) is 45.0 Å². The Hall–Kier alpha value is -2.24. The first-order valence-electron chi connectivity index (χ1n) is 8.17. The SMILES string of the molecule is COc1ccc(CNC(=O)[C@H]2C[C@@H](NC(=O)OC(C)(C)C)C2)cc1. The molecular weight excluding hydrogens is 308 g/mol. The fraction of sp³-hybridized carbons (Fsp3) is 0.556. The molecule has 2 amide bonds. The smallest absolute Gasteiger partial charge is 0.407 e. The Kier molecular flexibility index (Phi) is 5.70. The topological polar surface area (TPSA) is 76.7 Å². The molecule has 1 saturated carbocycles. The molecule has 0 saturated heterocycles. The molecule has 132 valence electrons. The third-order valence-corrected chi connectivity index (χ3v) is 3.86. The molecule has 0 aliphatic heterocycles. The molecule has 6 heteroatoms. The standard InChI is InChI=1S/C18H26N2O4/c1-18(2,3)24-17(22)20-14-9-13(10-14)16(21)19-11-12-5-7-15(23-4)8-6-12/h5-8,13-14H,9-11H2,1-4H3,(H,19,21)(H,20,22)/t13-,14+. The van der Waals surface area contributed by atoms with Gasteiger partial charge in [0.25, 0.3) is 0 Å². The summed E-state index contributed by atoms with van der Waals surface area (Å²) in [6, 6.07) is 7.59. The van der Waals surface area contributed by atoms with E-state index in [2.05, 4.69) is 10.6 Å². The van der Waals surface area contributed by atoms with E-state index in [1.54, 1.807) is 7.11 Å². The Bertz CT molecular complexity index is 572. The Morgan fingerprint density at radius 1 is 1.17 bits per heavy atom. The van der Waals surface area contributed by atoms with E-state index >= 15 is 0 Å². The van der Waals surface area contributed by atoms with Gasteiger partial charge in [-0.05, 0) is 51.3 Å². The average Bonchev–Trinajstić information content (AvgIpc) is 2.47. The van der Waals surface area contributed by atoms with Crippen LogP contribution in [0.4, 0.5) is 4.79 Å². The minimum Gasteiger partial charge on any atom is -0.497 e. The second kappa shape index (κ2) is 7.55. The van der Waals surface area contributed by atoms with Crippen LogP contribution in [0.5, 0.6) is 5.75 Å². The number of carbonyl (C=O) groups excluding carboxylic acids is 2. The van der Waals surface area contributed by atoms with Crippen molar-refractivity contribution in [2.24, 2.45) is 5.92 Å². The van der Waals surface area contributed by atoms with Crippen molar-refractivity contribution in [2.45, 2.75) is 51.8 Å². The van der Waals surface area contributed by atoms with Crippen LogP contribution in [0.2, 0.25) is 0 Å². The molecule has 0 aromatic heterocycles. The Balaban J connectivity index is 1.67. The maximum Gasteiger partial charge on any atom is 0.407 e. The lowest BCUT2D eigenvalue weighted by Gasteiger charge is -2.35. The summed E-state index contributed by atoms with van der Waals surface area (Å²) < 4.78 is 10.3. The number of ether oxygens (including phenoxy) is 2. The van der Waals surface area contributed by atoms with Crippen LogP contribution in [0.25, 0.3) is 0 Å². The minimum absolute atomic E-state index is 0.0107. The zero-order valence-corrected chi connectivity index (χ0v) is 14.7. The molecule has 1 fully saturated rings. The molecule has 1 aliphatic rings. The number of carbonyl (C=O) groups is 2. The Morgan fingerprint density at radius 3 is 2.33 bits per heavy atom. The van der Waals surface area contributed by atoms with Crippen molar-refractivity contribution in [1.82, 2.24) is 10.6 Å². The number of nitrogens with one attached hydrogen (secondary N) is 2. The Labute approximate surface area is 142 Å². The molecule has 2 N–H and O–H groups in total. The van der Waals surface area contributed by atoms with Gasteiger partial charge in [-0.3, -0.25) is 4.79 Å². The van der Waals surface area contributed by atoms with Gasteiger partial charge in [-0.1, -0.05) is 12.1 Å². The van der Waals surface area contributed by atoms with E-state index in [9.17, 15) is 9.59 Å². The number of methoxy groups -OCH3 is 1. The quantitative estimate of drug-likeness (QED) is 0.868. The predicted octanol–water partition coefficient (Wildman–Crippen LogP) is 2.61. The second-order valence-electron chi connectivity index (χ2n) is 7.08. The highest BCUT2D eigenvalue weighted by Gasteiger charge is 2.36. The van der Waals surface area contributed by atoms with Crippen LogP contribution in [0, 0.1) is 5.92 Å². The molecule has 0 spiro atoms. The molecule has 1 aromatic rings. The van der Waals surface area contributed by atoms with Crippen LogP contribution in [0.1, 0.15) is 39.2 Å². The summed E-state index contributed by atoms with van der Waals surface area (Å²) in [4.78, 5) is 23.8. The van der Waals surface area contributed by atoms with E-state index in [-0.39, 0.29) is 17.9 Å². The zero-order valence-electron chi connectivity index (χ0n) is 14.7. The van der Waals surface area contributed by atoms with Gasteiger partial charge >= 0.3 is 6.09 Å². The summed E-state index contributed by atoms with van der Waals surface area (Å²) in [6.07, 6.45) is 0.867.